The molecule has 0 spiro atoms. The molecular formula is C24H28N10OS. The van der Waals surface area contributed by atoms with Gasteiger partial charge in [0, 0.05) is 39.6 Å². The summed E-state index contributed by atoms with van der Waals surface area (Å²) in [6.07, 6.45) is 13.0. The number of anilines is 4. The van der Waals surface area contributed by atoms with Crippen molar-refractivity contribution in [2.75, 3.05) is 30.3 Å². The van der Waals surface area contributed by atoms with Gasteiger partial charge >= 0.3 is 0 Å². The lowest BCUT2D eigenvalue weighted by molar-refractivity contribution is 0.0952. The van der Waals surface area contributed by atoms with Crippen molar-refractivity contribution in [2.24, 2.45) is 14.1 Å². The van der Waals surface area contributed by atoms with Gasteiger partial charge in [-0.15, -0.1) is 17.8 Å². The standard InChI is InChI=1S/C24H28N10OS/c1-5-17-7-6-9-34(17)10-8-25-22(35)19-11-15(2)23(36-19)29-20-18-13-26-24(30-21(18)33(4)31-20)28-16-12-27-32(3)14-16/h1,11-14,17H,6-10H2,2-4H3,(H,25,35)(H,29,31)(H,26,28,30)/t17-/m0/s1. The molecule has 1 fully saturated rings. The number of hydrogen-bond donors (Lipinski definition) is 3. The SMILES string of the molecule is C#C[C@H]1CCCN1CCNC(=O)c1cc(C)c(Nc2nn(C)c3nc(Nc4cnn(C)c4)ncc23)s1. The zero-order chi connectivity index (χ0) is 25.2. The number of nitrogens with zero attached hydrogens (tertiary/aromatic N) is 7. The molecule has 1 saturated heterocycles. The van der Waals surface area contributed by atoms with E-state index < -0.39 is 0 Å². The maximum atomic E-state index is 12.8. The third-order valence-corrected chi connectivity index (χ3v) is 7.31. The number of carbonyl (C=O) groups excluding carboxylic acids is 1. The van der Waals surface area contributed by atoms with E-state index in [-0.39, 0.29) is 11.9 Å². The molecule has 0 aliphatic carbocycles. The first-order valence-corrected chi connectivity index (χ1v) is 12.5. The van der Waals surface area contributed by atoms with Gasteiger partial charge in [0.25, 0.3) is 5.91 Å². The van der Waals surface area contributed by atoms with Gasteiger partial charge in [-0.3, -0.25) is 14.4 Å². The lowest BCUT2D eigenvalue weighted by Gasteiger charge is -2.19. The van der Waals surface area contributed by atoms with Crippen LogP contribution in [0.5, 0.6) is 0 Å². The second-order valence-electron chi connectivity index (χ2n) is 8.80. The zero-order valence-electron chi connectivity index (χ0n) is 20.4. The van der Waals surface area contributed by atoms with E-state index in [0.29, 0.717) is 28.8 Å². The Labute approximate surface area is 212 Å². The average Bonchev–Trinajstić information content (AvgIpc) is 3.63. The number of carbonyl (C=O) groups is 1. The Balaban J connectivity index is 1.25. The van der Waals surface area contributed by atoms with Gasteiger partial charge < -0.3 is 16.0 Å². The molecule has 1 amide bonds. The van der Waals surface area contributed by atoms with Crippen LogP contribution in [0.3, 0.4) is 0 Å². The van der Waals surface area contributed by atoms with Crippen LogP contribution in [-0.4, -0.2) is 66.0 Å². The number of nitrogens with one attached hydrogen (secondary N) is 3. The topological polar surface area (TPSA) is 118 Å². The Bertz CT molecular complexity index is 1440. The van der Waals surface area contributed by atoms with Gasteiger partial charge in [0.05, 0.1) is 33.2 Å². The average molecular weight is 505 g/mol. The lowest BCUT2D eigenvalue weighted by atomic mass is 10.2. The molecule has 3 N–H and O–H groups in total. The highest BCUT2D eigenvalue weighted by Crippen LogP contribution is 2.32. The van der Waals surface area contributed by atoms with Crippen LogP contribution >= 0.6 is 11.3 Å². The molecule has 0 saturated carbocycles. The number of aromatic nitrogens is 6. The summed E-state index contributed by atoms with van der Waals surface area (Å²) in [7, 11) is 3.68. The number of hydrogen-bond acceptors (Lipinski definition) is 9. The molecule has 4 aromatic rings. The molecule has 0 bridgehead atoms. The summed E-state index contributed by atoms with van der Waals surface area (Å²) in [5, 5.41) is 19.9. The molecule has 0 aromatic carbocycles. The number of terminal acetylenes is 1. The van der Waals surface area contributed by atoms with Crippen LogP contribution in [0.4, 0.5) is 22.5 Å². The molecular weight excluding hydrogens is 476 g/mol. The molecule has 5 rings (SSSR count). The highest BCUT2D eigenvalue weighted by molar-refractivity contribution is 7.18. The Hall–Kier alpha value is -3.95. The molecule has 0 radical (unpaired) electrons. The van der Waals surface area contributed by atoms with Gasteiger partial charge in [-0.25, -0.2) is 9.67 Å². The maximum Gasteiger partial charge on any atom is 0.261 e. The predicted molar refractivity (Wildman–Crippen MR) is 141 cm³/mol. The van der Waals surface area contributed by atoms with Crippen molar-refractivity contribution in [1.82, 2.24) is 39.7 Å². The van der Waals surface area contributed by atoms with Crippen LogP contribution in [0.15, 0.2) is 24.7 Å². The summed E-state index contributed by atoms with van der Waals surface area (Å²) in [5.74, 6) is 3.83. The smallest absolute Gasteiger partial charge is 0.261 e. The second kappa shape index (κ2) is 9.96. The molecule has 36 heavy (non-hydrogen) atoms. The van der Waals surface area contributed by atoms with Crippen molar-refractivity contribution < 1.29 is 4.79 Å². The van der Waals surface area contributed by atoms with E-state index in [1.165, 1.54) is 11.3 Å². The zero-order valence-corrected chi connectivity index (χ0v) is 21.3. The van der Waals surface area contributed by atoms with Crippen LogP contribution in [0.25, 0.3) is 11.0 Å². The van der Waals surface area contributed by atoms with E-state index in [2.05, 4.69) is 46.9 Å². The molecule has 1 aliphatic heterocycles. The summed E-state index contributed by atoms with van der Waals surface area (Å²) in [5.41, 5.74) is 2.44. The summed E-state index contributed by atoms with van der Waals surface area (Å²) in [6.45, 7) is 4.27. The number of thiophene rings is 1. The third-order valence-electron chi connectivity index (χ3n) is 6.16. The van der Waals surface area contributed by atoms with E-state index in [0.717, 1.165) is 47.6 Å². The summed E-state index contributed by atoms with van der Waals surface area (Å²) in [6, 6.07) is 2.07. The molecule has 4 aromatic heterocycles. The first-order valence-electron chi connectivity index (χ1n) is 11.7. The molecule has 5 heterocycles. The van der Waals surface area contributed by atoms with Gasteiger partial charge in [0.15, 0.2) is 11.5 Å². The third kappa shape index (κ3) is 4.89. The molecule has 186 valence electrons. The molecule has 11 nitrogen and oxygen atoms in total. The molecule has 0 unspecified atom stereocenters. The van der Waals surface area contributed by atoms with Crippen LogP contribution < -0.4 is 16.0 Å². The predicted octanol–water partition coefficient (Wildman–Crippen LogP) is 2.78. The summed E-state index contributed by atoms with van der Waals surface area (Å²) < 4.78 is 3.40. The van der Waals surface area contributed by atoms with Crippen molar-refractivity contribution in [1.29, 1.82) is 0 Å². The molecule has 1 atom stereocenters. The van der Waals surface area contributed by atoms with Gasteiger partial charge in [-0.2, -0.15) is 15.2 Å². The van der Waals surface area contributed by atoms with Crippen LogP contribution in [0.1, 0.15) is 28.1 Å². The normalized spacial score (nSPS) is 15.8. The lowest BCUT2D eigenvalue weighted by Crippen LogP contribution is -2.36. The van der Waals surface area contributed by atoms with Crippen LogP contribution in [-0.2, 0) is 14.1 Å². The van der Waals surface area contributed by atoms with E-state index in [1.807, 2.05) is 33.3 Å². The minimum absolute atomic E-state index is 0.0899. The minimum Gasteiger partial charge on any atom is -0.350 e. The van der Waals surface area contributed by atoms with Gasteiger partial charge in [-0.05, 0) is 37.9 Å². The Morgan fingerprint density at radius 1 is 1.31 bits per heavy atom. The van der Waals surface area contributed by atoms with E-state index >= 15 is 0 Å². The summed E-state index contributed by atoms with van der Waals surface area (Å²) >= 11 is 1.39. The fourth-order valence-electron chi connectivity index (χ4n) is 4.31. The first-order chi connectivity index (χ1) is 17.4. The highest BCUT2D eigenvalue weighted by Gasteiger charge is 2.22. The van der Waals surface area contributed by atoms with Gasteiger partial charge in [0.1, 0.15) is 0 Å². The van der Waals surface area contributed by atoms with Gasteiger partial charge in [0.2, 0.25) is 5.95 Å². The Morgan fingerprint density at radius 2 is 2.17 bits per heavy atom. The number of fused-ring (bicyclic) bond motifs is 1. The Morgan fingerprint density at radius 3 is 2.94 bits per heavy atom. The fraction of sp³-hybridized carbons (Fsp3) is 0.375. The number of amides is 1. The largest absolute Gasteiger partial charge is 0.350 e. The Kier molecular flexibility index (Phi) is 6.58. The van der Waals surface area contributed by atoms with Crippen molar-refractivity contribution in [3.8, 4) is 12.3 Å². The quantitative estimate of drug-likeness (QED) is 0.314. The minimum atomic E-state index is -0.0899. The monoisotopic (exact) mass is 504 g/mol. The summed E-state index contributed by atoms with van der Waals surface area (Å²) in [4.78, 5) is 24.7. The van der Waals surface area contributed by atoms with Crippen molar-refractivity contribution in [3.05, 3.63) is 35.1 Å². The van der Waals surface area contributed by atoms with Crippen molar-refractivity contribution in [3.63, 3.8) is 0 Å². The number of aryl methyl sites for hydroxylation is 3. The van der Waals surface area contributed by atoms with Crippen LogP contribution in [0, 0.1) is 19.3 Å². The first kappa shape index (κ1) is 23.8. The molecule has 12 heteroatoms. The number of rotatable bonds is 8. The second-order valence-corrected chi connectivity index (χ2v) is 9.85. The van der Waals surface area contributed by atoms with Crippen LogP contribution in [0.2, 0.25) is 0 Å². The number of likely N-dealkylation sites (tertiary alicyclic amines) is 1. The fourth-order valence-corrected chi connectivity index (χ4v) is 5.30. The van der Waals surface area contributed by atoms with Crippen molar-refractivity contribution >= 4 is 50.7 Å². The van der Waals surface area contributed by atoms with Gasteiger partial charge in [-0.1, -0.05) is 5.92 Å². The van der Waals surface area contributed by atoms with Crippen molar-refractivity contribution in [2.45, 2.75) is 25.8 Å². The highest BCUT2D eigenvalue weighted by atomic mass is 32.1. The maximum absolute atomic E-state index is 12.8. The molecule has 1 aliphatic rings. The van der Waals surface area contributed by atoms with E-state index in [1.54, 1.807) is 21.8 Å². The van der Waals surface area contributed by atoms with E-state index in [9.17, 15) is 4.79 Å². The van der Waals surface area contributed by atoms with E-state index in [4.69, 9.17) is 6.42 Å².